The van der Waals surface area contributed by atoms with Crippen molar-refractivity contribution in [1.29, 1.82) is 0 Å². The molecule has 24 heavy (non-hydrogen) atoms. The van der Waals surface area contributed by atoms with Crippen molar-refractivity contribution >= 4 is 29.7 Å². The Hall–Kier alpha value is -1.86. The molecule has 1 unspecified atom stereocenters. The summed E-state index contributed by atoms with van der Waals surface area (Å²) in [6.45, 7) is 3.48. The summed E-state index contributed by atoms with van der Waals surface area (Å²) in [5.41, 5.74) is 0.899. The zero-order valence-electron chi connectivity index (χ0n) is 13.6. The molecule has 0 radical (unpaired) electrons. The van der Waals surface area contributed by atoms with Gasteiger partial charge in [0.25, 0.3) is 5.69 Å². The van der Waals surface area contributed by atoms with Crippen LogP contribution < -0.4 is 16.0 Å². The minimum Gasteiger partial charge on any atom is -0.385 e. The fourth-order valence-electron chi connectivity index (χ4n) is 2.63. The van der Waals surface area contributed by atoms with E-state index in [1.54, 1.807) is 12.1 Å². The van der Waals surface area contributed by atoms with Crippen LogP contribution in [0.4, 0.5) is 11.4 Å². The summed E-state index contributed by atoms with van der Waals surface area (Å²) in [4.78, 5) is 21.9. The van der Waals surface area contributed by atoms with Crippen LogP contribution in [-0.2, 0) is 4.79 Å². The van der Waals surface area contributed by atoms with E-state index in [4.69, 9.17) is 0 Å². The van der Waals surface area contributed by atoms with Gasteiger partial charge in [0.05, 0.1) is 4.92 Å². The number of hydrogen-bond acceptors (Lipinski definition) is 5. The van der Waals surface area contributed by atoms with Crippen molar-refractivity contribution in [3.8, 4) is 0 Å². The Labute approximate surface area is 148 Å². The first-order valence-electron chi connectivity index (χ1n) is 8.11. The number of nitrogens with one attached hydrogen (secondary N) is 3. The van der Waals surface area contributed by atoms with Crippen LogP contribution in [0, 0.1) is 16.0 Å². The maximum absolute atomic E-state index is 11.8. The topological polar surface area (TPSA) is 96.3 Å². The molecular formula is C16H25ClN4O3. The lowest BCUT2D eigenvalue weighted by molar-refractivity contribution is -0.384. The molecule has 3 N–H and O–H groups in total. The van der Waals surface area contributed by atoms with Crippen LogP contribution in [0.15, 0.2) is 24.3 Å². The smallest absolute Gasteiger partial charge is 0.269 e. The number of non-ortho nitro benzene ring substituents is 1. The van der Waals surface area contributed by atoms with E-state index < -0.39 is 4.92 Å². The molecule has 1 aliphatic heterocycles. The lowest BCUT2D eigenvalue weighted by Crippen LogP contribution is -2.38. The van der Waals surface area contributed by atoms with Crippen LogP contribution in [-0.4, -0.2) is 37.0 Å². The zero-order chi connectivity index (χ0) is 16.5. The van der Waals surface area contributed by atoms with Gasteiger partial charge in [-0.2, -0.15) is 0 Å². The highest BCUT2D eigenvalue weighted by atomic mass is 35.5. The summed E-state index contributed by atoms with van der Waals surface area (Å²) in [6.07, 6.45) is 3.57. The van der Waals surface area contributed by atoms with Gasteiger partial charge in [0.15, 0.2) is 0 Å². The van der Waals surface area contributed by atoms with E-state index >= 15 is 0 Å². The lowest BCUT2D eigenvalue weighted by atomic mass is 10.00. The third-order valence-electron chi connectivity index (χ3n) is 3.97. The Morgan fingerprint density at radius 2 is 2.08 bits per heavy atom. The summed E-state index contributed by atoms with van der Waals surface area (Å²) in [6, 6.07) is 6.28. The highest BCUT2D eigenvalue weighted by Gasteiger charge is 2.13. The van der Waals surface area contributed by atoms with Gasteiger partial charge in [0.2, 0.25) is 5.91 Å². The van der Waals surface area contributed by atoms with Gasteiger partial charge in [-0.15, -0.1) is 12.4 Å². The van der Waals surface area contributed by atoms with Gasteiger partial charge in [0, 0.05) is 37.3 Å². The number of carbonyl (C=O) groups excluding carboxylic acids is 1. The molecule has 0 spiro atoms. The molecular weight excluding hydrogens is 332 g/mol. The average molecular weight is 357 g/mol. The summed E-state index contributed by atoms with van der Waals surface area (Å²) in [5, 5.41) is 20.0. The van der Waals surface area contributed by atoms with Crippen molar-refractivity contribution in [2.24, 2.45) is 5.92 Å². The molecule has 8 heteroatoms. The van der Waals surface area contributed by atoms with Crippen LogP contribution in [0.25, 0.3) is 0 Å². The number of amides is 1. The van der Waals surface area contributed by atoms with Crippen LogP contribution >= 0.6 is 12.4 Å². The largest absolute Gasteiger partial charge is 0.385 e. The number of benzene rings is 1. The molecule has 134 valence electrons. The SMILES string of the molecule is Cl.O=C(CCCNc1ccc([N+](=O)[O-])cc1)NCC1CCCNC1. The fraction of sp³-hybridized carbons (Fsp3) is 0.562. The Bertz CT molecular complexity index is 519. The van der Waals surface area contributed by atoms with Gasteiger partial charge in [-0.3, -0.25) is 14.9 Å². The average Bonchev–Trinajstić information content (AvgIpc) is 2.58. The molecule has 0 bridgehead atoms. The van der Waals surface area contributed by atoms with E-state index in [1.165, 1.54) is 25.0 Å². The van der Waals surface area contributed by atoms with Gasteiger partial charge in [-0.25, -0.2) is 0 Å². The van der Waals surface area contributed by atoms with Crippen LogP contribution in [0.3, 0.4) is 0 Å². The minimum absolute atomic E-state index is 0. The first-order chi connectivity index (χ1) is 11.1. The quantitative estimate of drug-likeness (QED) is 0.377. The Kier molecular flexibility index (Phi) is 9.11. The van der Waals surface area contributed by atoms with Crippen molar-refractivity contribution in [3.63, 3.8) is 0 Å². The second-order valence-corrected chi connectivity index (χ2v) is 5.85. The molecule has 0 aliphatic carbocycles. The fourth-order valence-corrected chi connectivity index (χ4v) is 2.63. The van der Waals surface area contributed by atoms with Gasteiger partial charge in [-0.1, -0.05) is 0 Å². The molecule has 2 rings (SSSR count). The molecule has 0 saturated carbocycles. The van der Waals surface area contributed by atoms with Crippen molar-refractivity contribution in [3.05, 3.63) is 34.4 Å². The normalized spacial score (nSPS) is 16.8. The molecule has 1 saturated heterocycles. The molecule has 1 heterocycles. The van der Waals surface area contributed by atoms with E-state index in [9.17, 15) is 14.9 Å². The summed E-state index contributed by atoms with van der Waals surface area (Å²) < 4.78 is 0. The molecule has 1 fully saturated rings. The van der Waals surface area contributed by atoms with Crippen molar-refractivity contribution in [2.75, 3.05) is 31.5 Å². The standard InChI is InChI=1S/C16H24N4O3.ClH/c21-16(19-12-13-3-1-9-17-11-13)4-2-10-18-14-5-7-15(8-6-14)20(22)23;/h5-8,13,17-18H,1-4,9-12H2,(H,19,21);1H. The van der Waals surface area contributed by atoms with E-state index in [0.29, 0.717) is 18.9 Å². The number of nitro benzene ring substituents is 1. The van der Waals surface area contributed by atoms with Gasteiger partial charge in [-0.05, 0) is 50.4 Å². The lowest BCUT2D eigenvalue weighted by Gasteiger charge is -2.22. The second kappa shape index (κ2) is 10.8. The number of nitro groups is 1. The van der Waals surface area contributed by atoms with Crippen LogP contribution in [0.2, 0.25) is 0 Å². The maximum atomic E-state index is 11.8. The maximum Gasteiger partial charge on any atom is 0.269 e. The number of anilines is 1. The van der Waals surface area contributed by atoms with E-state index in [1.807, 2.05) is 0 Å². The van der Waals surface area contributed by atoms with Crippen LogP contribution in [0.5, 0.6) is 0 Å². The first-order valence-corrected chi connectivity index (χ1v) is 8.11. The van der Waals surface area contributed by atoms with Crippen molar-refractivity contribution in [1.82, 2.24) is 10.6 Å². The molecule has 1 amide bonds. The minimum atomic E-state index is -0.421. The number of hydrogen-bond donors (Lipinski definition) is 3. The van der Waals surface area contributed by atoms with Gasteiger partial charge >= 0.3 is 0 Å². The number of carbonyl (C=O) groups is 1. The van der Waals surface area contributed by atoms with Crippen LogP contribution in [0.1, 0.15) is 25.7 Å². The van der Waals surface area contributed by atoms with E-state index in [-0.39, 0.29) is 24.0 Å². The summed E-state index contributed by atoms with van der Waals surface area (Å²) in [7, 11) is 0. The van der Waals surface area contributed by atoms with Gasteiger partial charge < -0.3 is 16.0 Å². The molecule has 1 aromatic rings. The number of halogens is 1. The Morgan fingerprint density at radius 1 is 1.33 bits per heavy atom. The van der Waals surface area contributed by atoms with E-state index in [0.717, 1.165) is 31.7 Å². The summed E-state index contributed by atoms with van der Waals surface area (Å²) >= 11 is 0. The monoisotopic (exact) mass is 356 g/mol. The van der Waals surface area contributed by atoms with Crippen molar-refractivity contribution in [2.45, 2.75) is 25.7 Å². The third-order valence-corrected chi connectivity index (χ3v) is 3.97. The first kappa shape index (κ1) is 20.2. The molecule has 1 atom stereocenters. The second-order valence-electron chi connectivity index (χ2n) is 5.85. The highest BCUT2D eigenvalue weighted by molar-refractivity contribution is 5.85. The predicted molar refractivity (Wildman–Crippen MR) is 96.7 cm³/mol. The molecule has 0 aromatic heterocycles. The molecule has 1 aliphatic rings. The molecule has 1 aromatic carbocycles. The zero-order valence-corrected chi connectivity index (χ0v) is 14.4. The Balaban J connectivity index is 0.00000288. The van der Waals surface area contributed by atoms with Crippen molar-refractivity contribution < 1.29 is 9.72 Å². The van der Waals surface area contributed by atoms with Gasteiger partial charge in [0.1, 0.15) is 0 Å². The molecule has 7 nitrogen and oxygen atoms in total. The summed E-state index contributed by atoms with van der Waals surface area (Å²) in [5.74, 6) is 0.631. The highest BCUT2D eigenvalue weighted by Crippen LogP contribution is 2.15. The number of piperidine rings is 1. The Morgan fingerprint density at radius 3 is 2.71 bits per heavy atom. The third kappa shape index (κ3) is 7.14. The predicted octanol–water partition coefficient (Wildman–Crippen LogP) is 2.32. The number of nitrogens with zero attached hydrogens (tertiary/aromatic N) is 1. The number of rotatable bonds is 8. The van der Waals surface area contributed by atoms with E-state index in [2.05, 4.69) is 16.0 Å².